The number of rotatable bonds is 5. The van der Waals surface area contributed by atoms with Crippen molar-refractivity contribution < 1.29 is 17.9 Å². The van der Waals surface area contributed by atoms with Gasteiger partial charge < -0.3 is 9.47 Å². The van der Waals surface area contributed by atoms with Gasteiger partial charge in [-0.2, -0.15) is 15.6 Å². The number of thiophene rings is 1. The summed E-state index contributed by atoms with van der Waals surface area (Å²) in [6.07, 6.45) is 1.73. The number of nitrogens with zero attached hydrogens (tertiary/aromatic N) is 2. The molecule has 1 aliphatic rings. The Kier molecular flexibility index (Phi) is 5.30. The highest BCUT2D eigenvalue weighted by molar-refractivity contribution is 7.89. The summed E-state index contributed by atoms with van der Waals surface area (Å²) in [5.41, 5.74) is 1.58. The zero-order valence-corrected chi connectivity index (χ0v) is 14.8. The van der Waals surface area contributed by atoms with Crippen molar-refractivity contribution in [3.63, 3.8) is 0 Å². The Balaban J connectivity index is 1.88. The van der Waals surface area contributed by atoms with Gasteiger partial charge in [0.2, 0.25) is 10.0 Å². The lowest BCUT2D eigenvalue weighted by Gasteiger charge is -2.26. The average molecular weight is 366 g/mol. The highest BCUT2D eigenvalue weighted by Gasteiger charge is 2.27. The van der Waals surface area contributed by atoms with Gasteiger partial charge in [0.15, 0.2) is 0 Å². The lowest BCUT2D eigenvalue weighted by Crippen LogP contribution is -2.40. The molecule has 0 aliphatic carbocycles. The van der Waals surface area contributed by atoms with Crippen LogP contribution in [0.3, 0.4) is 0 Å². The van der Waals surface area contributed by atoms with Crippen LogP contribution < -0.4 is 4.74 Å². The number of ether oxygens (including phenoxy) is 2. The molecule has 1 aromatic carbocycles. The van der Waals surface area contributed by atoms with E-state index in [1.54, 1.807) is 29.7 Å². The number of benzene rings is 1. The third kappa shape index (κ3) is 3.67. The normalized spacial score (nSPS) is 16.5. The molecule has 1 aromatic heterocycles. The molecule has 0 amide bonds. The van der Waals surface area contributed by atoms with Gasteiger partial charge >= 0.3 is 0 Å². The molecular formula is C16H18N2O4S2. The second kappa shape index (κ2) is 7.43. The fourth-order valence-corrected chi connectivity index (χ4v) is 4.39. The predicted octanol–water partition coefficient (Wildman–Crippen LogP) is 2.53. The Morgan fingerprint density at radius 3 is 2.75 bits per heavy atom. The minimum absolute atomic E-state index is 0.204. The third-order valence-corrected chi connectivity index (χ3v) is 6.25. The summed E-state index contributed by atoms with van der Waals surface area (Å²) in [7, 11) is -2.04. The number of methoxy groups -OCH3 is 1. The van der Waals surface area contributed by atoms with Gasteiger partial charge in [0.1, 0.15) is 11.4 Å². The zero-order valence-electron chi connectivity index (χ0n) is 13.2. The molecule has 128 valence electrons. The Morgan fingerprint density at radius 1 is 1.29 bits per heavy atom. The van der Waals surface area contributed by atoms with E-state index in [0.717, 1.165) is 5.56 Å². The van der Waals surface area contributed by atoms with Crippen molar-refractivity contribution in [1.82, 2.24) is 4.31 Å². The molecule has 0 spiro atoms. The van der Waals surface area contributed by atoms with Crippen LogP contribution in [0.15, 0.2) is 44.9 Å². The second-order valence-electron chi connectivity index (χ2n) is 5.16. The van der Waals surface area contributed by atoms with Gasteiger partial charge in [-0.3, -0.25) is 4.99 Å². The van der Waals surface area contributed by atoms with E-state index in [9.17, 15) is 8.42 Å². The summed E-state index contributed by atoms with van der Waals surface area (Å²) in [4.78, 5) is 4.59. The standard InChI is InChI=1S/C16H18N2O4S2/c1-21-16-10-14(24(19,20)18-5-7-22-8-6-18)2-3-15(16)17-11-13-4-9-23-12-13/h2-4,9-12H,5-8H2,1H3. The van der Waals surface area contributed by atoms with Crippen molar-refractivity contribution in [2.45, 2.75) is 4.90 Å². The number of sulfonamides is 1. The topological polar surface area (TPSA) is 68.2 Å². The van der Waals surface area contributed by atoms with Crippen molar-refractivity contribution in [3.8, 4) is 5.75 Å². The first-order valence-electron chi connectivity index (χ1n) is 7.43. The molecule has 0 N–H and O–H groups in total. The average Bonchev–Trinajstić information content (AvgIpc) is 3.14. The molecule has 0 unspecified atom stereocenters. The molecule has 0 radical (unpaired) electrons. The van der Waals surface area contributed by atoms with Gasteiger partial charge in [-0.05, 0) is 29.0 Å². The number of morpholine rings is 1. The minimum atomic E-state index is -3.55. The van der Waals surface area contributed by atoms with E-state index < -0.39 is 10.0 Å². The molecule has 2 heterocycles. The lowest BCUT2D eigenvalue weighted by atomic mass is 10.3. The maximum absolute atomic E-state index is 12.7. The Morgan fingerprint density at radius 2 is 2.08 bits per heavy atom. The van der Waals surface area contributed by atoms with E-state index >= 15 is 0 Å². The summed E-state index contributed by atoms with van der Waals surface area (Å²) in [6.45, 7) is 1.56. The fourth-order valence-electron chi connectivity index (χ4n) is 2.35. The molecule has 1 aliphatic heterocycles. The van der Waals surface area contributed by atoms with Gasteiger partial charge in [0.25, 0.3) is 0 Å². The van der Waals surface area contributed by atoms with Crippen molar-refractivity contribution in [1.29, 1.82) is 0 Å². The van der Waals surface area contributed by atoms with Crippen LogP contribution in [0.1, 0.15) is 5.56 Å². The number of hydrogen-bond acceptors (Lipinski definition) is 6. The molecular weight excluding hydrogens is 348 g/mol. The number of hydrogen-bond donors (Lipinski definition) is 0. The fraction of sp³-hybridized carbons (Fsp3) is 0.312. The maximum Gasteiger partial charge on any atom is 0.243 e. The van der Waals surface area contributed by atoms with Crippen molar-refractivity contribution in [3.05, 3.63) is 40.6 Å². The van der Waals surface area contributed by atoms with Crippen LogP contribution in [-0.2, 0) is 14.8 Å². The first-order valence-corrected chi connectivity index (χ1v) is 9.82. The van der Waals surface area contributed by atoms with Crippen LogP contribution in [0, 0.1) is 0 Å². The molecule has 1 fully saturated rings. The zero-order chi connectivity index (χ0) is 17.0. The summed E-state index contributed by atoms with van der Waals surface area (Å²) in [5.74, 6) is 0.427. The first kappa shape index (κ1) is 17.1. The summed E-state index contributed by atoms with van der Waals surface area (Å²) in [6, 6.07) is 6.70. The highest BCUT2D eigenvalue weighted by atomic mass is 32.2. The molecule has 0 atom stereocenters. The quantitative estimate of drug-likeness (QED) is 0.763. The molecule has 3 rings (SSSR count). The van der Waals surface area contributed by atoms with Gasteiger partial charge in [0.05, 0.1) is 25.2 Å². The van der Waals surface area contributed by atoms with Crippen molar-refractivity contribution in [2.24, 2.45) is 4.99 Å². The van der Waals surface area contributed by atoms with E-state index in [1.807, 2.05) is 16.8 Å². The smallest absolute Gasteiger partial charge is 0.243 e. The van der Waals surface area contributed by atoms with E-state index in [0.29, 0.717) is 37.7 Å². The van der Waals surface area contributed by atoms with Crippen LogP contribution in [0.25, 0.3) is 0 Å². The molecule has 0 saturated carbocycles. The largest absolute Gasteiger partial charge is 0.494 e. The van der Waals surface area contributed by atoms with Crippen molar-refractivity contribution >= 4 is 33.3 Å². The van der Waals surface area contributed by atoms with Crippen LogP contribution in [0.4, 0.5) is 5.69 Å². The Labute approximate surface area is 145 Å². The lowest BCUT2D eigenvalue weighted by molar-refractivity contribution is 0.0730. The van der Waals surface area contributed by atoms with E-state index in [1.165, 1.54) is 17.5 Å². The first-order chi connectivity index (χ1) is 11.6. The molecule has 8 heteroatoms. The van der Waals surface area contributed by atoms with E-state index in [-0.39, 0.29) is 4.90 Å². The summed E-state index contributed by atoms with van der Waals surface area (Å²) in [5, 5.41) is 3.95. The minimum Gasteiger partial charge on any atom is -0.494 e. The molecule has 24 heavy (non-hydrogen) atoms. The Bertz CT molecular complexity index is 811. The summed E-state index contributed by atoms with van der Waals surface area (Å²) < 4.78 is 37.3. The number of aliphatic imine (C=N–C) groups is 1. The predicted molar refractivity (Wildman–Crippen MR) is 94.1 cm³/mol. The molecule has 2 aromatic rings. The van der Waals surface area contributed by atoms with Crippen LogP contribution >= 0.6 is 11.3 Å². The Hall–Kier alpha value is -1.74. The monoisotopic (exact) mass is 366 g/mol. The highest BCUT2D eigenvalue weighted by Crippen LogP contribution is 2.31. The van der Waals surface area contributed by atoms with Crippen molar-refractivity contribution in [2.75, 3.05) is 33.4 Å². The van der Waals surface area contributed by atoms with Crippen LogP contribution in [0.2, 0.25) is 0 Å². The molecule has 1 saturated heterocycles. The van der Waals surface area contributed by atoms with E-state index in [4.69, 9.17) is 9.47 Å². The maximum atomic E-state index is 12.7. The van der Waals surface area contributed by atoms with Gasteiger partial charge in [-0.15, -0.1) is 0 Å². The third-order valence-electron chi connectivity index (χ3n) is 3.65. The van der Waals surface area contributed by atoms with Gasteiger partial charge in [-0.25, -0.2) is 8.42 Å². The SMILES string of the molecule is COc1cc(S(=O)(=O)N2CCOCC2)ccc1N=Cc1ccsc1. The molecule has 6 nitrogen and oxygen atoms in total. The second-order valence-corrected chi connectivity index (χ2v) is 7.88. The molecule has 0 bridgehead atoms. The van der Waals surface area contributed by atoms with E-state index in [2.05, 4.69) is 4.99 Å². The van der Waals surface area contributed by atoms with Crippen LogP contribution in [-0.4, -0.2) is 52.4 Å². The van der Waals surface area contributed by atoms with Gasteiger partial charge in [-0.1, -0.05) is 0 Å². The van der Waals surface area contributed by atoms with Crippen LogP contribution in [0.5, 0.6) is 5.75 Å². The summed E-state index contributed by atoms with van der Waals surface area (Å²) >= 11 is 1.59. The van der Waals surface area contributed by atoms with Gasteiger partial charge in [0, 0.05) is 30.9 Å².